The summed E-state index contributed by atoms with van der Waals surface area (Å²) in [7, 11) is 0. The highest BCUT2D eigenvalue weighted by Crippen LogP contribution is 2.29. The third-order valence-corrected chi connectivity index (χ3v) is 2.55. The van der Waals surface area contributed by atoms with Crippen molar-refractivity contribution in [3.63, 3.8) is 0 Å². The summed E-state index contributed by atoms with van der Waals surface area (Å²) in [5, 5.41) is 0. The Balaban J connectivity index is 2.52. The SMILES string of the molecule is O=c1ccn(C2(CF)CCCO2)c(=O)[nH]1. The van der Waals surface area contributed by atoms with Gasteiger partial charge >= 0.3 is 5.69 Å². The maximum atomic E-state index is 12.9. The lowest BCUT2D eigenvalue weighted by molar-refractivity contribution is -0.0825. The Morgan fingerprint density at radius 2 is 2.40 bits per heavy atom. The van der Waals surface area contributed by atoms with Crippen molar-refractivity contribution in [1.29, 1.82) is 0 Å². The van der Waals surface area contributed by atoms with Crippen LogP contribution in [0.4, 0.5) is 4.39 Å². The molecule has 0 aliphatic carbocycles. The molecular formula is C9H11FN2O3. The van der Waals surface area contributed by atoms with Gasteiger partial charge in [-0.2, -0.15) is 0 Å². The predicted molar refractivity (Wildman–Crippen MR) is 50.5 cm³/mol. The van der Waals surface area contributed by atoms with E-state index in [1.54, 1.807) is 0 Å². The van der Waals surface area contributed by atoms with E-state index in [1.807, 2.05) is 0 Å². The second-order valence-corrected chi connectivity index (χ2v) is 3.51. The summed E-state index contributed by atoms with van der Waals surface area (Å²) in [6.07, 6.45) is 2.41. The van der Waals surface area contributed by atoms with E-state index in [4.69, 9.17) is 4.74 Å². The van der Waals surface area contributed by atoms with Crippen LogP contribution in [0.15, 0.2) is 21.9 Å². The molecule has 2 heterocycles. The number of ether oxygens (including phenoxy) is 1. The van der Waals surface area contributed by atoms with Crippen molar-refractivity contribution in [3.8, 4) is 0 Å². The molecule has 0 radical (unpaired) electrons. The number of rotatable bonds is 2. The van der Waals surface area contributed by atoms with Gasteiger partial charge in [0.05, 0.1) is 0 Å². The lowest BCUT2D eigenvalue weighted by atomic mass is 10.1. The van der Waals surface area contributed by atoms with Gasteiger partial charge in [-0.05, 0) is 6.42 Å². The first kappa shape index (κ1) is 10.1. The van der Waals surface area contributed by atoms with Gasteiger partial charge in [-0.15, -0.1) is 0 Å². The van der Waals surface area contributed by atoms with E-state index in [-0.39, 0.29) is 0 Å². The van der Waals surface area contributed by atoms with E-state index in [1.165, 1.54) is 12.3 Å². The van der Waals surface area contributed by atoms with Crippen LogP contribution < -0.4 is 11.2 Å². The lowest BCUT2D eigenvalue weighted by Crippen LogP contribution is -2.44. The Morgan fingerprint density at radius 3 is 2.93 bits per heavy atom. The molecule has 0 amide bonds. The first-order valence-electron chi connectivity index (χ1n) is 4.70. The Bertz CT molecular complexity index is 459. The minimum absolute atomic E-state index is 0.426. The summed E-state index contributed by atoms with van der Waals surface area (Å²) in [6, 6.07) is 1.18. The second-order valence-electron chi connectivity index (χ2n) is 3.51. The predicted octanol–water partition coefficient (Wildman–Crippen LogP) is -0.0307. The zero-order valence-corrected chi connectivity index (χ0v) is 8.03. The molecule has 1 fully saturated rings. The summed E-state index contributed by atoms with van der Waals surface area (Å²) in [4.78, 5) is 24.4. The van der Waals surface area contributed by atoms with Crippen LogP contribution in [0.3, 0.4) is 0 Å². The Labute approximate surface area is 84.5 Å². The molecule has 15 heavy (non-hydrogen) atoms. The zero-order valence-electron chi connectivity index (χ0n) is 8.03. The summed E-state index contributed by atoms with van der Waals surface area (Å²) < 4.78 is 19.3. The van der Waals surface area contributed by atoms with E-state index >= 15 is 0 Å². The van der Waals surface area contributed by atoms with Crippen molar-refractivity contribution in [2.45, 2.75) is 18.6 Å². The fourth-order valence-electron chi connectivity index (χ4n) is 1.78. The fraction of sp³-hybridized carbons (Fsp3) is 0.556. The second kappa shape index (κ2) is 3.62. The number of nitrogens with one attached hydrogen (secondary N) is 1. The van der Waals surface area contributed by atoms with Gasteiger partial charge < -0.3 is 4.74 Å². The van der Waals surface area contributed by atoms with Crippen molar-refractivity contribution in [3.05, 3.63) is 33.1 Å². The van der Waals surface area contributed by atoms with Crippen LogP contribution in [-0.2, 0) is 10.5 Å². The van der Waals surface area contributed by atoms with E-state index in [2.05, 4.69) is 4.98 Å². The molecular weight excluding hydrogens is 203 g/mol. The normalized spacial score (nSPS) is 25.7. The number of aromatic amines is 1. The van der Waals surface area contributed by atoms with Crippen LogP contribution in [0.5, 0.6) is 0 Å². The smallest absolute Gasteiger partial charge is 0.330 e. The number of halogens is 1. The van der Waals surface area contributed by atoms with Crippen molar-refractivity contribution in [1.82, 2.24) is 9.55 Å². The monoisotopic (exact) mass is 214 g/mol. The van der Waals surface area contributed by atoms with Crippen LogP contribution in [0, 0.1) is 0 Å². The molecule has 2 rings (SSSR count). The van der Waals surface area contributed by atoms with Crippen molar-refractivity contribution >= 4 is 0 Å². The molecule has 5 nitrogen and oxygen atoms in total. The molecule has 1 unspecified atom stereocenters. The van der Waals surface area contributed by atoms with Gasteiger partial charge in [0.15, 0.2) is 5.72 Å². The number of H-pyrrole nitrogens is 1. The third kappa shape index (κ3) is 1.61. The van der Waals surface area contributed by atoms with E-state index in [0.29, 0.717) is 19.4 Å². The van der Waals surface area contributed by atoms with Crippen molar-refractivity contribution in [2.75, 3.05) is 13.3 Å². The molecule has 0 spiro atoms. The summed E-state index contributed by atoms with van der Waals surface area (Å²) in [5.74, 6) is 0. The highest BCUT2D eigenvalue weighted by Gasteiger charge is 2.38. The van der Waals surface area contributed by atoms with Crippen LogP contribution in [-0.4, -0.2) is 22.8 Å². The lowest BCUT2D eigenvalue weighted by Gasteiger charge is -2.26. The summed E-state index contributed by atoms with van der Waals surface area (Å²) >= 11 is 0. The topological polar surface area (TPSA) is 64.1 Å². The molecule has 0 saturated carbocycles. The summed E-state index contributed by atoms with van der Waals surface area (Å²) in [6.45, 7) is -0.353. The number of hydrogen-bond acceptors (Lipinski definition) is 3. The molecule has 1 saturated heterocycles. The molecule has 1 atom stereocenters. The summed E-state index contributed by atoms with van der Waals surface area (Å²) in [5.41, 5.74) is -2.35. The molecule has 1 N–H and O–H groups in total. The molecule has 6 heteroatoms. The molecule has 1 aliphatic heterocycles. The fourth-order valence-corrected chi connectivity index (χ4v) is 1.78. The van der Waals surface area contributed by atoms with Crippen LogP contribution in [0.25, 0.3) is 0 Å². The maximum absolute atomic E-state index is 12.9. The maximum Gasteiger partial charge on any atom is 0.330 e. The van der Waals surface area contributed by atoms with Crippen LogP contribution in [0.1, 0.15) is 12.8 Å². The first-order chi connectivity index (χ1) is 7.18. The van der Waals surface area contributed by atoms with Crippen molar-refractivity contribution < 1.29 is 9.13 Å². The standard InChI is InChI=1S/C9H11FN2O3/c10-6-9(3-1-5-15-9)12-4-2-7(13)11-8(12)14/h2,4H,1,3,5-6H2,(H,11,13,14). The van der Waals surface area contributed by atoms with Gasteiger partial charge in [-0.3, -0.25) is 14.3 Å². The average molecular weight is 214 g/mol. The molecule has 1 aliphatic rings. The molecule has 82 valence electrons. The van der Waals surface area contributed by atoms with Crippen LogP contribution >= 0.6 is 0 Å². The van der Waals surface area contributed by atoms with E-state index in [0.717, 1.165) is 4.57 Å². The minimum atomic E-state index is -1.22. The molecule has 1 aromatic heterocycles. The highest BCUT2D eigenvalue weighted by atomic mass is 19.1. The van der Waals surface area contributed by atoms with Gasteiger partial charge in [0.2, 0.25) is 0 Å². The quantitative estimate of drug-likeness (QED) is 0.751. The number of aromatic nitrogens is 2. The molecule has 0 aromatic carbocycles. The van der Waals surface area contributed by atoms with Gasteiger partial charge in [-0.25, -0.2) is 9.18 Å². The average Bonchev–Trinajstić information content (AvgIpc) is 2.67. The third-order valence-electron chi connectivity index (χ3n) is 2.55. The van der Waals surface area contributed by atoms with E-state index < -0.39 is 23.6 Å². The highest BCUT2D eigenvalue weighted by molar-refractivity contribution is 4.91. The largest absolute Gasteiger partial charge is 0.352 e. The number of nitrogens with zero attached hydrogens (tertiary/aromatic N) is 1. The van der Waals surface area contributed by atoms with Crippen LogP contribution in [0.2, 0.25) is 0 Å². The first-order valence-corrected chi connectivity index (χ1v) is 4.70. The molecule has 0 bridgehead atoms. The van der Waals surface area contributed by atoms with Gasteiger partial charge in [0.1, 0.15) is 6.67 Å². The Morgan fingerprint density at radius 1 is 1.60 bits per heavy atom. The molecule has 1 aromatic rings. The van der Waals surface area contributed by atoms with Gasteiger partial charge in [0, 0.05) is 25.3 Å². The minimum Gasteiger partial charge on any atom is -0.352 e. The van der Waals surface area contributed by atoms with Gasteiger partial charge in [0.25, 0.3) is 5.56 Å². The Hall–Kier alpha value is -1.43. The number of alkyl halides is 1. The van der Waals surface area contributed by atoms with Crippen molar-refractivity contribution in [2.24, 2.45) is 0 Å². The Kier molecular flexibility index (Phi) is 2.44. The zero-order chi connectivity index (χ0) is 10.9. The van der Waals surface area contributed by atoms with Gasteiger partial charge in [-0.1, -0.05) is 0 Å². The van der Waals surface area contributed by atoms with E-state index in [9.17, 15) is 14.0 Å². The number of hydrogen-bond donors (Lipinski definition) is 1.